The number of aromatic nitrogens is 2. The second-order valence-electron chi connectivity index (χ2n) is 6.28. The summed E-state index contributed by atoms with van der Waals surface area (Å²) in [5.41, 5.74) is 5.49. The summed E-state index contributed by atoms with van der Waals surface area (Å²) in [5.74, 6) is -0.372. The number of halogens is 1. The van der Waals surface area contributed by atoms with Crippen LogP contribution in [0.4, 0.5) is 16.0 Å². The Balaban J connectivity index is 1.77. The number of piperidine rings is 1. The molecule has 0 aliphatic carbocycles. The molecule has 1 saturated heterocycles. The molecule has 3 heterocycles. The zero-order valence-electron chi connectivity index (χ0n) is 14.4. The van der Waals surface area contributed by atoms with Gasteiger partial charge in [0.25, 0.3) is 5.91 Å². The molecule has 0 unspecified atom stereocenters. The molecule has 27 heavy (non-hydrogen) atoms. The summed E-state index contributed by atoms with van der Waals surface area (Å²) < 4.78 is 14.9. The maximum Gasteiger partial charge on any atom is 0.265 e. The molecule has 4 N–H and O–H groups in total. The van der Waals surface area contributed by atoms with E-state index in [2.05, 4.69) is 15.3 Å². The molecule has 1 fully saturated rings. The first-order valence-electron chi connectivity index (χ1n) is 8.33. The number of amides is 1. The van der Waals surface area contributed by atoms with Gasteiger partial charge < -0.3 is 21.4 Å². The van der Waals surface area contributed by atoms with E-state index in [1.807, 2.05) is 6.19 Å². The van der Waals surface area contributed by atoms with Crippen LogP contribution in [0.1, 0.15) is 18.4 Å². The smallest absolute Gasteiger partial charge is 0.265 e. The minimum atomic E-state index is -2.12. The molecule has 1 aliphatic heterocycles. The van der Waals surface area contributed by atoms with Gasteiger partial charge in [-0.1, -0.05) is 0 Å². The number of nitrogens with zero attached hydrogens (tertiary/aromatic N) is 4. The number of anilines is 2. The van der Waals surface area contributed by atoms with Crippen LogP contribution < -0.4 is 11.1 Å². The van der Waals surface area contributed by atoms with E-state index in [0.29, 0.717) is 29.7 Å². The zero-order chi connectivity index (χ0) is 19.4. The summed E-state index contributed by atoms with van der Waals surface area (Å²) in [6.45, 7) is 0.194. The normalized spacial score (nSPS) is 19.2. The Morgan fingerprint density at radius 1 is 1.44 bits per heavy atom. The number of likely N-dealkylation sites (tertiary alicyclic amines) is 1. The lowest BCUT2D eigenvalue weighted by Gasteiger charge is -2.33. The molecule has 2 aromatic rings. The minimum Gasteiger partial charge on any atom is -0.383 e. The molecule has 0 bridgehead atoms. The molecular weight excluding hydrogens is 349 g/mol. The fourth-order valence-electron chi connectivity index (χ4n) is 3.03. The average molecular weight is 367 g/mol. The molecule has 0 aromatic carbocycles. The lowest BCUT2D eigenvalue weighted by Crippen LogP contribution is -2.51. The van der Waals surface area contributed by atoms with Gasteiger partial charge in [0, 0.05) is 36.3 Å². The van der Waals surface area contributed by atoms with Crippen LogP contribution in [0.25, 0.3) is 11.1 Å². The predicted molar refractivity (Wildman–Crippen MR) is 98.7 cm³/mol. The van der Waals surface area contributed by atoms with E-state index in [0.717, 1.165) is 6.21 Å². The highest BCUT2D eigenvalue weighted by Crippen LogP contribution is 2.28. The highest BCUT2D eigenvalue weighted by Gasteiger charge is 2.42. The maximum atomic E-state index is 14.9. The third-order valence-corrected chi connectivity index (χ3v) is 4.47. The number of carbonyl (C=O) groups excluding carboxylic acids is 1. The van der Waals surface area contributed by atoms with Crippen molar-refractivity contribution in [2.75, 3.05) is 24.1 Å². The fourth-order valence-corrected chi connectivity index (χ4v) is 3.03. The molecule has 0 spiro atoms. The van der Waals surface area contributed by atoms with Crippen LogP contribution >= 0.6 is 0 Å². The average Bonchev–Trinajstić information content (AvgIpc) is 2.68. The van der Waals surface area contributed by atoms with Crippen LogP contribution in [-0.4, -0.2) is 45.7 Å². The van der Waals surface area contributed by atoms with Crippen LogP contribution in [0.15, 0.2) is 30.6 Å². The highest BCUT2D eigenvalue weighted by atomic mass is 19.1. The minimum absolute atomic E-state index is 0.0636. The molecule has 8 nitrogen and oxygen atoms in total. The van der Waals surface area contributed by atoms with Crippen molar-refractivity contribution in [2.45, 2.75) is 18.5 Å². The molecule has 0 radical (unpaired) electrons. The zero-order valence-corrected chi connectivity index (χ0v) is 14.4. The van der Waals surface area contributed by atoms with Crippen molar-refractivity contribution >= 4 is 23.8 Å². The van der Waals surface area contributed by atoms with Gasteiger partial charge in [-0.3, -0.25) is 4.79 Å². The summed E-state index contributed by atoms with van der Waals surface area (Å²) in [5, 5.41) is 18.9. The van der Waals surface area contributed by atoms with Gasteiger partial charge in [0.05, 0.1) is 6.54 Å². The summed E-state index contributed by atoms with van der Waals surface area (Å²) >= 11 is 0. The number of alkyl halides is 1. The summed E-state index contributed by atoms with van der Waals surface area (Å²) in [4.78, 5) is 21.7. The molecule has 1 aliphatic rings. The first-order valence-corrected chi connectivity index (χ1v) is 8.33. The van der Waals surface area contributed by atoms with E-state index in [4.69, 9.17) is 16.4 Å². The van der Waals surface area contributed by atoms with Crippen molar-refractivity contribution in [2.24, 2.45) is 0 Å². The Morgan fingerprint density at radius 2 is 2.26 bits per heavy atom. The van der Waals surface area contributed by atoms with Gasteiger partial charge in [0.2, 0.25) is 5.67 Å². The Bertz CT molecular complexity index is 909. The Labute approximate surface area is 155 Å². The molecule has 3 rings (SSSR count). The van der Waals surface area contributed by atoms with E-state index < -0.39 is 11.6 Å². The van der Waals surface area contributed by atoms with Crippen molar-refractivity contribution in [3.63, 3.8) is 0 Å². The summed E-state index contributed by atoms with van der Waals surface area (Å²) in [6.07, 6.45) is 6.53. The van der Waals surface area contributed by atoms with Crippen LogP contribution in [-0.2, 0) is 4.79 Å². The Morgan fingerprint density at radius 3 is 2.93 bits per heavy atom. The third-order valence-electron chi connectivity index (χ3n) is 4.47. The number of hydrogen-bond donors (Lipinski definition) is 3. The lowest BCUT2D eigenvalue weighted by molar-refractivity contribution is -0.130. The standard InChI is InChI=1S/C18H18FN7O/c19-18(5-1-7-26(10-18)11-21)17(27)25-15-3-2-12(9-24-15)13-4-6-23-16(22)14(13)8-20/h2-4,6,8-9,20H,1,5,7,10H2,(H2,22,23)(H,24,25,27)/t18-/m1/s1. The van der Waals surface area contributed by atoms with Gasteiger partial charge in [0.15, 0.2) is 6.19 Å². The van der Waals surface area contributed by atoms with E-state index in [1.54, 1.807) is 18.2 Å². The number of nitriles is 1. The van der Waals surface area contributed by atoms with Crippen molar-refractivity contribution in [3.05, 3.63) is 36.2 Å². The SMILES string of the molecule is N#CN1CCC[C@](F)(C(=O)Nc2ccc(-c3ccnc(N)c3C=N)cn2)C1. The van der Waals surface area contributed by atoms with Crippen molar-refractivity contribution in [3.8, 4) is 17.3 Å². The van der Waals surface area contributed by atoms with Gasteiger partial charge in [-0.25, -0.2) is 14.4 Å². The first kappa shape index (κ1) is 18.3. The Kier molecular flexibility index (Phi) is 4.98. The monoisotopic (exact) mass is 367 g/mol. The quantitative estimate of drug-likeness (QED) is 0.559. The van der Waals surface area contributed by atoms with E-state index in [1.165, 1.54) is 17.3 Å². The fraction of sp³-hybridized carbons (Fsp3) is 0.278. The van der Waals surface area contributed by atoms with Crippen molar-refractivity contribution in [1.29, 1.82) is 10.7 Å². The molecular formula is C18H18FN7O. The highest BCUT2D eigenvalue weighted by molar-refractivity contribution is 5.97. The second kappa shape index (κ2) is 7.37. The topological polar surface area (TPSA) is 132 Å². The van der Waals surface area contributed by atoms with Gasteiger partial charge in [-0.15, -0.1) is 0 Å². The van der Waals surface area contributed by atoms with Crippen LogP contribution in [0, 0.1) is 16.9 Å². The van der Waals surface area contributed by atoms with Crippen LogP contribution in [0.2, 0.25) is 0 Å². The molecule has 138 valence electrons. The van der Waals surface area contributed by atoms with Gasteiger partial charge in [-0.05, 0) is 36.6 Å². The van der Waals surface area contributed by atoms with Gasteiger partial charge in [-0.2, -0.15) is 5.26 Å². The number of nitrogens with one attached hydrogen (secondary N) is 2. The predicted octanol–water partition coefficient (Wildman–Crippen LogP) is 1.95. The summed E-state index contributed by atoms with van der Waals surface area (Å²) in [7, 11) is 0. The van der Waals surface area contributed by atoms with Crippen molar-refractivity contribution in [1.82, 2.24) is 14.9 Å². The molecule has 2 aromatic heterocycles. The molecule has 0 saturated carbocycles. The van der Waals surface area contributed by atoms with Crippen molar-refractivity contribution < 1.29 is 9.18 Å². The molecule has 1 amide bonds. The van der Waals surface area contributed by atoms with Gasteiger partial charge in [0.1, 0.15) is 11.6 Å². The van der Waals surface area contributed by atoms with Crippen LogP contribution in [0.5, 0.6) is 0 Å². The van der Waals surface area contributed by atoms with E-state index in [9.17, 15) is 9.18 Å². The number of nitrogens with two attached hydrogens (primary N) is 1. The van der Waals surface area contributed by atoms with Gasteiger partial charge >= 0.3 is 0 Å². The molecule has 9 heteroatoms. The second-order valence-corrected chi connectivity index (χ2v) is 6.28. The summed E-state index contributed by atoms with van der Waals surface area (Å²) in [6, 6.07) is 4.95. The number of nitrogen functional groups attached to an aromatic ring is 1. The van der Waals surface area contributed by atoms with Crippen LogP contribution in [0.3, 0.4) is 0 Å². The Hall–Kier alpha value is -3.54. The number of carbonyl (C=O) groups is 1. The van der Waals surface area contributed by atoms with E-state index in [-0.39, 0.29) is 24.6 Å². The number of hydrogen-bond acceptors (Lipinski definition) is 7. The molecule has 1 atom stereocenters. The lowest BCUT2D eigenvalue weighted by atomic mass is 9.94. The largest absolute Gasteiger partial charge is 0.383 e. The number of pyridine rings is 2. The maximum absolute atomic E-state index is 14.9. The number of rotatable bonds is 4. The third kappa shape index (κ3) is 3.69. The van der Waals surface area contributed by atoms with E-state index >= 15 is 0 Å². The first-order chi connectivity index (χ1) is 13.0.